The van der Waals surface area contributed by atoms with E-state index in [1.165, 1.54) is 6.07 Å². The van der Waals surface area contributed by atoms with Crippen LogP contribution >= 0.6 is 15.9 Å². The van der Waals surface area contributed by atoms with Crippen molar-refractivity contribution in [1.29, 1.82) is 0 Å². The first-order valence-electron chi connectivity index (χ1n) is 5.74. The quantitative estimate of drug-likeness (QED) is 0.841. The van der Waals surface area contributed by atoms with Crippen molar-refractivity contribution in [2.45, 2.75) is 6.92 Å². The van der Waals surface area contributed by atoms with E-state index in [9.17, 15) is 4.79 Å². The molecule has 2 aromatic rings. The lowest BCUT2D eigenvalue weighted by atomic mass is 10.1. The molecule has 0 radical (unpaired) electrons. The van der Waals surface area contributed by atoms with Crippen molar-refractivity contribution in [2.75, 3.05) is 6.61 Å². The SMILES string of the molecule is C=C(C)COc1ccc(-c2cc(C(=O)O)no2)cc1Br. The van der Waals surface area contributed by atoms with Crippen LogP contribution in [0.1, 0.15) is 17.4 Å². The topological polar surface area (TPSA) is 72.6 Å². The zero-order valence-corrected chi connectivity index (χ0v) is 12.3. The highest BCUT2D eigenvalue weighted by atomic mass is 79.9. The van der Waals surface area contributed by atoms with Gasteiger partial charge in [-0.05, 0) is 46.6 Å². The number of ether oxygens (including phenoxy) is 1. The molecule has 5 nitrogen and oxygen atoms in total. The predicted molar refractivity (Wildman–Crippen MR) is 76.9 cm³/mol. The van der Waals surface area contributed by atoms with Crippen molar-refractivity contribution in [3.63, 3.8) is 0 Å². The molecule has 1 aromatic carbocycles. The summed E-state index contributed by atoms with van der Waals surface area (Å²) in [6.45, 7) is 6.08. The Hall–Kier alpha value is -2.08. The number of carboxylic acid groups (broad SMARTS) is 1. The molecule has 0 aliphatic carbocycles. The summed E-state index contributed by atoms with van der Waals surface area (Å²) < 4.78 is 11.3. The van der Waals surface area contributed by atoms with Crippen molar-refractivity contribution in [2.24, 2.45) is 0 Å². The highest BCUT2D eigenvalue weighted by Gasteiger charge is 2.13. The molecule has 104 valence electrons. The highest BCUT2D eigenvalue weighted by molar-refractivity contribution is 9.10. The lowest BCUT2D eigenvalue weighted by Gasteiger charge is -2.08. The van der Waals surface area contributed by atoms with Gasteiger partial charge < -0.3 is 14.4 Å². The minimum Gasteiger partial charge on any atom is -0.488 e. The number of halogens is 1. The van der Waals surface area contributed by atoms with Crippen LogP contribution in [-0.4, -0.2) is 22.8 Å². The van der Waals surface area contributed by atoms with Crippen LogP contribution < -0.4 is 4.74 Å². The molecule has 0 saturated carbocycles. The molecule has 1 aromatic heterocycles. The lowest BCUT2D eigenvalue weighted by Crippen LogP contribution is -1.98. The van der Waals surface area contributed by atoms with Gasteiger partial charge in [0.1, 0.15) is 12.4 Å². The first kappa shape index (κ1) is 14.3. The smallest absolute Gasteiger partial charge is 0.358 e. The molecule has 2 rings (SSSR count). The number of aromatic nitrogens is 1. The van der Waals surface area contributed by atoms with Crippen LogP contribution in [0.4, 0.5) is 0 Å². The Morgan fingerprint density at radius 1 is 1.50 bits per heavy atom. The third-order valence-corrected chi connectivity index (χ3v) is 3.04. The zero-order chi connectivity index (χ0) is 14.7. The van der Waals surface area contributed by atoms with Crippen molar-refractivity contribution in [3.05, 3.63) is 46.6 Å². The van der Waals surface area contributed by atoms with E-state index in [0.29, 0.717) is 23.7 Å². The van der Waals surface area contributed by atoms with Gasteiger partial charge in [-0.15, -0.1) is 0 Å². The van der Waals surface area contributed by atoms with E-state index in [0.717, 1.165) is 10.0 Å². The Morgan fingerprint density at radius 2 is 2.25 bits per heavy atom. The first-order valence-corrected chi connectivity index (χ1v) is 6.54. The number of carboxylic acids is 1. The standard InChI is InChI=1S/C14H12BrNO4/c1-8(2)7-19-12-4-3-9(5-10(12)15)13-6-11(14(17)18)16-20-13/h3-6H,1,7H2,2H3,(H,17,18). The van der Waals surface area contributed by atoms with Gasteiger partial charge in [-0.1, -0.05) is 11.7 Å². The molecule has 0 saturated heterocycles. The third-order valence-electron chi connectivity index (χ3n) is 2.42. The molecule has 0 unspecified atom stereocenters. The largest absolute Gasteiger partial charge is 0.488 e. The molecule has 0 amide bonds. The Labute approximate surface area is 124 Å². The number of aromatic carboxylic acids is 1. The van der Waals surface area contributed by atoms with Crippen LogP contribution in [-0.2, 0) is 0 Å². The lowest BCUT2D eigenvalue weighted by molar-refractivity contribution is 0.0686. The molecule has 20 heavy (non-hydrogen) atoms. The van der Waals surface area contributed by atoms with Gasteiger partial charge in [-0.3, -0.25) is 0 Å². The monoisotopic (exact) mass is 337 g/mol. The maximum Gasteiger partial charge on any atom is 0.358 e. The second-order valence-electron chi connectivity index (χ2n) is 4.27. The fourth-order valence-corrected chi connectivity index (χ4v) is 1.98. The molecule has 0 aliphatic heterocycles. The molecule has 0 bridgehead atoms. The molecular formula is C14H12BrNO4. The number of benzene rings is 1. The van der Waals surface area contributed by atoms with Crippen molar-refractivity contribution in [3.8, 4) is 17.1 Å². The zero-order valence-electron chi connectivity index (χ0n) is 10.7. The van der Waals surface area contributed by atoms with E-state index in [4.69, 9.17) is 14.4 Å². The number of nitrogens with zero attached hydrogens (tertiary/aromatic N) is 1. The van der Waals surface area contributed by atoms with Crippen LogP contribution in [0, 0.1) is 0 Å². The fraction of sp³-hybridized carbons (Fsp3) is 0.143. The van der Waals surface area contributed by atoms with Crippen LogP contribution in [0.5, 0.6) is 5.75 Å². The number of hydrogen-bond donors (Lipinski definition) is 1. The average molecular weight is 338 g/mol. The maximum atomic E-state index is 10.8. The molecule has 1 heterocycles. The van der Waals surface area contributed by atoms with Gasteiger partial charge in [0.15, 0.2) is 11.5 Å². The normalized spacial score (nSPS) is 10.3. The summed E-state index contributed by atoms with van der Waals surface area (Å²) >= 11 is 3.40. The van der Waals surface area contributed by atoms with Gasteiger partial charge in [0.2, 0.25) is 0 Å². The van der Waals surface area contributed by atoms with Crippen LogP contribution in [0.15, 0.2) is 45.4 Å². The number of carbonyl (C=O) groups is 1. The minimum atomic E-state index is -1.12. The summed E-state index contributed by atoms with van der Waals surface area (Å²) in [7, 11) is 0. The predicted octanol–water partition coefficient (Wildman–Crippen LogP) is 3.76. The van der Waals surface area contributed by atoms with Crippen molar-refractivity contribution < 1.29 is 19.2 Å². The Balaban J connectivity index is 2.23. The Morgan fingerprint density at radius 3 is 2.80 bits per heavy atom. The third kappa shape index (κ3) is 3.27. The van der Waals surface area contributed by atoms with E-state index in [1.807, 2.05) is 6.92 Å². The summed E-state index contributed by atoms with van der Waals surface area (Å²) in [5, 5.41) is 12.3. The maximum absolute atomic E-state index is 10.8. The van der Waals surface area contributed by atoms with E-state index in [1.54, 1.807) is 18.2 Å². The van der Waals surface area contributed by atoms with Gasteiger partial charge in [-0.2, -0.15) is 0 Å². The van der Waals surface area contributed by atoms with Crippen LogP contribution in [0.2, 0.25) is 0 Å². The van der Waals surface area contributed by atoms with Crippen molar-refractivity contribution >= 4 is 21.9 Å². The number of hydrogen-bond acceptors (Lipinski definition) is 4. The van der Waals surface area contributed by atoms with Crippen molar-refractivity contribution in [1.82, 2.24) is 5.16 Å². The second-order valence-corrected chi connectivity index (χ2v) is 5.13. The summed E-state index contributed by atoms with van der Waals surface area (Å²) in [6.07, 6.45) is 0. The average Bonchev–Trinajstić information content (AvgIpc) is 2.86. The highest BCUT2D eigenvalue weighted by Crippen LogP contribution is 2.31. The molecule has 1 N–H and O–H groups in total. The van der Waals surface area contributed by atoms with Gasteiger partial charge in [-0.25, -0.2) is 4.79 Å². The van der Waals surface area contributed by atoms with Gasteiger partial charge in [0, 0.05) is 11.6 Å². The summed E-state index contributed by atoms with van der Waals surface area (Å²) in [6, 6.07) is 6.69. The van der Waals surface area contributed by atoms with Gasteiger partial charge in [0.25, 0.3) is 0 Å². The van der Waals surface area contributed by atoms with E-state index in [-0.39, 0.29) is 5.69 Å². The summed E-state index contributed by atoms with van der Waals surface area (Å²) in [4.78, 5) is 10.8. The number of rotatable bonds is 5. The Bertz CT molecular complexity index is 663. The fourth-order valence-electron chi connectivity index (χ4n) is 1.48. The van der Waals surface area contributed by atoms with E-state index >= 15 is 0 Å². The molecule has 0 spiro atoms. The molecule has 0 aliphatic rings. The molecule has 0 fully saturated rings. The first-order chi connectivity index (χ1) is 9.47. The Kier molecular flexibility index (Phi) is 4.24. The molecule has 0 atom stereocenters. The minimum absolute atomic E-state index is 0.126. The summed E-state index contributed by atoms with van der Waals surface area (Å²) in [5.74, 6) is -0.0650. The van der Waals surface area contributed by atoms with Gasteiger partial charge >= 0.3 is 5.97 Å². The van der Waals surface area contributed by atoms with Crippen LogP contribution in [0.3, 0.4) is 0 Å². The van der Waals surface area contributed by atoms with E-state index in [2.05, 4.69) is 27.7 Å². The second kappa shape index (κ2) is 5.92. The van der Waals surface area contributed by atoms with Gasteiger partial charge in [0.05, 0.1) is 4.47 Å². The van der Waals surface area contributed by atoms with E-state index < -0.39 is 5.97 Å². The molecule has 6 heteroatoms. The molecular weight excluding hydrogens is 326 g/mol. The van der Waals surface area contributed by atoms with Crippen LogP contribution in [0.25, 0.3) is 11.3 Å². The summed E-state index contributed by atoms with van der Waals surface area (Å²) in [5.41, 5.74) is 1.50.